The first-order valence-electron chi connectivity index (χ1n) is 9.24. The second kappa shape index (κ2) is 9.52. The van der Waals surface area contributed by atoms with Gasteiger partial charge in [-0.3, -0.25) is 9.48 Å². The van der Waals surface area contributed by atoms with Crippen LogP contribution in [0.25, 0.3) is 0 Å². The first kappa shape index (κ1) is 20.8. The lowest BCUT2D eigenvalue weighted by atomic mass is 10.1. The van der Waals surface area contributed by atoms with E-state index >= 15 is 0 Å². The maximum Gasteiger partial charge on any atom is 0.261 e. The Balaban J connectivity index is 1.55. The van der Waals surface area contributed by atoms with Gasteiger partial charge in [0.2, 0.25) is 0 Å². The van der Waals surface area contributed by atoms with Crippen LogP contribution < -0.4 is 10.2 Å². The normalized spacial score (nSPS) is 11.4. The summed E-state index contributed by atoms with van der Waals surface area (Å²) in [5.41, 5.74) is 7.08. The van der Waals surface area contributed by atoms with Crippen molar-refractivity contribution in [1.82, 2.24) is 15.2 Å². The van der Waals surface area contributed by atoms with E-state index < -0.39 is 0 Å². The van der Waals surface area contributed by atoms with Crippen molar-refractivity contribution in [3.05, 3.63) is 81.6 Å². The Morgan fingerprint density at radius 2 is 1.83 bits per heavy atom. The summed E-state index contributed by atoms with van der Waals surface area (Å²) >= 11 is 3.46. The van der Waals surface area contributed by atoms with Crippen molar-refractivity contribution in [1.29, 1.82) is 0 Å². The van der Waals surface area contributed by atoms with E-state index in [0.29, 0.717) is 12.3 Å². The maximum atomic E-state index is 12.2. The van der Waals surface area contributed by atoms with Crippen LogP contribution in [0.4, 0.5) is 0 Å². The fraction of sp³-hybridized carbons (Fsp3) is 0.227. The molecule has 7 heteroatoms. The Bertz CT molecular complexity index is 1010. The van der Waals surface area contributed by atoms with Crippen molar-refractivity contribution in [2.24, 2.45) is 5.10 Å². The highest BCUT2D eigenvalue weighted by atomic mass is 79.9. The highest BCUT2D eigenvalue weighted by Crippen LogP contribution is 2.19. The van der Waals surface area contributed by atoms with Crippen LogP contribution >= 0.6 is 15.9 Å². The average Bonchev–Trinajstić information content (AvgIpc) is 2.98. The lowest BCUT2D eigenvalue weighted by Gasteiger charge is -2.08. The Labute approximate surface area is 178 Å². The zero-order valence-electron chi connectivity index (χ0n) is 16.6. The Morgan fingerprint density at radius 1 is 1.14 bits per heavy atom. The molecule has 0 saturated heterocycles. The lowest BCUT2D eigenvalue weighted by Crippen LogP contribution is -2.25. The quantitative estimate of drug-likeness (QED) is 0.425. The van der Waals surface area contributed by atoms with Crippen LogP contribution in [0.1, 0.15) is 29.4 Å². The van der Waals surface area contributed by atoms with Gasteiger partial charge in [0.1, 0.15) is 18.9 Å². The number of nitrogens with one attached hydrogen (secondary N) is 1. The summed E-state index contributed by atoms with van der Waals surface area (Å²) in [4.78, 5) is 12.2. The second-order valence-electron chi connectivity index (χ2n) is 6.67. The summed E-state index contributed by atoms with van der Waals surface area (Å²) in [6, 6.07) is 17.6. The minimum absolute atomic E-state index is 0.112. The summed E-state index contributed by atoms with van der Waals surface area (Å²) in [6.07, 6.45) is 0. The molecule has 0 radical (unpaired) electrons. The fourth-order valence-electron chi connectivity index (χ4n) is 2.74. The molecule has 150 valence electrons. The number of nitrogens with zero attached hydrogens (tertiary/aromatic N) is 3. The van der Waals surface area contributed by atoms with Crippen molar-refractivity contribution >= 4 is 27.5 Å². The van der Waals surface area contributed by atoms with Crippen LogP contribution in [-0.2, 0) is 17.9 Å². The van der Waals surface area contributed by atoms with Crippen molar-refractivity contribution in [2.45, 2.75) is 33.9 Å². The molecule has 0 aliphatic heterocycles. The number of hydrogen-bond donors (Lipinski definition) is 1. The summed E-state index contributed by atoms with van der Waals surface area (Å²) in [6.45, 7) is 6.28. The van der Waals surface area contributed by atoms with Gasteiger partial charge in [0.05, 0.1) is 21.6 Å². The molecule has 3 aromatic rings. The SMILES string of the molecule is C/C(=N\NC(=O)Cn1nc(C)c(Br)c1C)c1ccc(OCc2ccccc2)cc1. The molecule has 0 saturated carbocycles. The molecule has 1 heterocycles. The average molecular weight is 455 g/mol. The third-order valence-electron chi connectivity index (χ3n) is 4.46. The van der Waals surface area contributed by atoms with Crippen LogP contribution in [0.3, 0.4) is 0 Å². The molecular formula is C22H23BrN4O2. The predicted molar refractivity (Wildman–Crippen MR) is 117 cm³/mol. The van der Waals surface area contributed by atoms with Gasteiger partial charge in [0, 0.05) is 0 Å². The van der Waals surface area contributed by atoms with Crippen LogP contribution in [0.2, 0.25) is 0 Å². The number of aryl methyl sites for hydroxylation is 1. The first-order valence-corrected chi connectivity index (χ1v) is 10.0. The predicted octanol–water partition coefficient (Wildman–Crippen LogP) is 4.38. The van der Waals surface area contributed by atoms with Gasteiger partial charge in [-0.2, -0.15) is 10.2 Å². The van der Waals surface area contributed by atoms with E-state index in [-0.39, 0.29) is 12.5 Å². The fourth-order valence-corrected chi connectivity index (χ4v) is 3.03. The molecular weight excluding hydrogens is 432 g/mol. The summed E-state index contributed by atoms with van der Waals surface area (Å²) in [5.74, 6) is 0.551. The first-order chi connectivity index (χ1) is 13.9. The van der Waals surface area contributed by atoms with Gasteiger partial charge in [-0.1, -0.05) is 30.3 Å². The maximum absolute atomic E-state index is 12.2. The van der Waals surface area contributed by atoms with Crippen molar-refractivity contribution in [2.75, 3.05) is 0 Å². The number of carbonyl (C=O) groups is 1. The molecule has 3 rings (SSSR count). The zero-order chi connectivity index (χ0) is 20.8. The Morgan fingerprint density at radius 3 is 2.45 bits per heavy atom. The van der Waals surface area contributed by atoms with Gasteiger partial charge in [-0.05, 0) is 72.1 Å². The molecule has 0 fully saturated rings. The highest BCUT2D eigenvalue weighted by molar-refractivity contribution is 9.10. The monoisotopic (exact) mass is 454 g/mol. The van der Waals surface area contributed by atoms with Crippen molar-refractivity contribution in [3.63, 3.8) is 0 Å². The van der Waals surface area contributed by atoms with Gasteiger partial charge in [-0.25, -0.2) is 5.43 Å². The number of ether oxygens (including phenoxy) is 1. The molecule has 0 atom stereocenters. The molecule has 0 aliphatic carbocycles. The van der Waals surface area contributed by atoms with Gasteiger partial charge < -0.3 is 4.74 Å². The number of carbonyl (C=O) groups excluding carboxylic acids is 1. The molecule has 0 spiro atoms. The van der Waals surface area contributed by atoms with Crippen molar-refractivity contribution in [3.8, 4) is 5.75 Å². The number of benzene rings is 2. The largest absolute Gasteiger partial charge is 0.489 e. The van der Waals surface area contributed by atoms with Crippen molar-refractivity contribution < 1.29 is 9.53 Å². The second-order valence-corrected chi connectivity index (χ2v) is 7.47. The molecule has 1 N–H and O–H groups in total. The highest BCUT2D eigenvalue weighted by Gasteiger charge is 2.11. The summed E-state index contributed by atoms with van der Waals surface area (Å²) in [5, 5.41) is 8.53. The minimum atomic E-state index is -0.231. The van der Waals surface area contributed by atoms with Gasteiger partial charge >= 0.3 is 0 Å². The van der Waals surface area contributed by atoms with Gasteiger partial charge in [0.15, 0.2) is 0 Å². The molecule has 29 heavy (non-hydrogen) atoms. The number of aromatic nitrogens is 2. The van der Waals surface area contributed by atoms with E-state index in [1.54, 1.807) is 4.68 Å². The summed E-state index contributed by atoms with van der Waals surface area (Å²) in [7, 11) is 0. The Kier molecular flexibility index (Phi) is 6.82. The minimum Gasteiger partial charge on any atom is -0.489 e. The van der Waals surface area contributed by atoms with Crippen LogP contribution in [-0.4, -0.2) is 21.4 Å². The van der Waals surface area contributed by atoms with Crippen LogP contribution in [0.5, 0.6) is 5.75 Å². The zero-order valence-corrected chi connectivity index (χ0v) is 18.2. The molecule has 6 nitrogen and oxygen atoms in total. The van der Waals surface area contributed by atoms with E-state index in [1.807, 2.05) is 75.4 Å². The summed E-state index contributed by atoms with van der Waals surface area (Å²) < 4.78 is 8.36. The van der Waals surface area contributed by atoms with E-state index in [0.717, 1.165) is 32.7 Å². The number of rotatable bonds is 7. The molecule has 0 bridgehead atoms. The lowest BCUT2D eigenvalue weighted by molar-refractivity contribution is -0.121. The molecule has 1 amide bonds. The number of halogens is 1. The number of hydrogen-bond acceptors (Lipinski definition) is 4. The third-order valence-corrected chi connectivity index (χ3v) is 5.60. The van der Waals surface area contributed by atoms with E-state index in [4.69, 9.17) is 4.74 Å². The smallest absolute Gasteiger partial charge is 0.261 e. The molecule has 2 aromatic carbocycles. The van der Waals surface area contributed by atoms with Gasteiger partial charge in [-0.15, -0.1) is 0 Å². The van der Waals surface area contributed by atoms with Crippen LogP contribution in [0.15, 0.2) is 64.2 Å². The van der Waals surface area contributed by atoms with Crippen LogP contribution in [0, 0.1) is 13.8 Å². The van der Waals surface area contributed by atoms with E-state index in [2.05, 4.69) is 31.6 Å². The topological polar surface area (TPSA) is 68.5 Å². The number of amides is 1. The van der Waals surface area contributed by atoms with E-state index in [1.165, 1.54) is 0 Å². The third kappa shape index (κ3) is 5.54. The number of hydrazone groups is 1. The Hall–Kier alpha value is -2.93. The molecule has 0 aliphatic rings. The molecule has 1 aromatic heterocycles. The van der Waals surface area contributed by atoms with Gasteiger partial charge in [0.25, 0.3) is 5.91 Å². The standard InChI is InChI=1S/C22H23BrN4O2/c1-15(24-25-21(28)13-27-17(3)22(23)16(2)26-27)19-9-11-20(12-10-19)29-14-18-7-5-4-6-8-18/h4-12H,13-14H2,1-3H3,(H,25,28)/b24-15+. The molecule has 0 unspecified atom stereocenters. The van der Waals surface area contributed by atoms with E-state index in [9.17, 15) is 4.79 Å².